The molecule has 0 amide bonds. The Labute approximate surface area is 128 Å². The van der Waals surface area contributed by atoms with Gasteiger partial charge >= 0.3 is 0 Å². The molecule has 0 aromatic heterocycles. The molecule has 1 fully saturated rings. The SMILES string of the molecule is CCN(C1CCCC1CN)S(=O)(=O)c1ccc(C)c(C)c1. The van der Waals surface area contributed by atoms with Crippen LogP contribution >= 0.6 is 0 Å². The van der Waals surface area contributed by atoms with Crippen LogP contribution in [0, 0.1) is 19.8 Å². The van der Waals surface area contributed by atoms with Gasteiger partial charge in [0.1, 0.15) is 0 Å². The minimum absolute atomic E-state index is 0.0478. The van der Waals surface area contributed by atoms with E-state index in [4.69, 9.17) is 5.73 Å². The number of rotatable bonds is 5. The van der Waals surface area contributed by atoms with Crippen molar-refractivity contribution >= 4 is 10.0 Å². The number of nitrogens with zero attached hydrogens (tertiary/aromatic N) is 1. The number of sulfonamides is 1. The number of nitrogens with two attached hydrogens (primary N) is 1. The van der Waals surface area contributed by atoms with Gasteiger partial charge in [0.2, 0.25) is 10.0 Å². The molecule has 1 saturated carbocycles. The predicted octanol–water partition coefficient (Wildman–Crippen LogP) is 2.44. The van der Waals surface area contributed by atoms with Crippen LogP contribution in [0.25, 0.3) is 0 Å². The zero-order valence-electron chi connectivity index (χ0n) is 13.2. The third kappa shape index (κ3) is 3.15. The smallest absolute Gasteiger partial charge is 0.243 e. The van der Waals surface area contributed by atoms with Crippen LogP contribution in [0.3, 0.4) is 0 Å². The Morgan fingerprint density at radius 1 is 1.24 bits per heavy atom. The first-order chi connectivity index (χ1) is 9.91. The molecule has 1 aromatic carbocycles. The van der Waals surface area contributed by atoms with Gasteiger partial charge in [-0.15, -0.1) is 0 Å². The van der Waals surface area contributed by atoms with Crippen LogP contribution in [0.1, 0.15) is 37.3 Å². The quantitative estimate of drug-likeness (QED) is 0.908. The molecule has 0 heterocycles. The van der Waals surface area contributed by atoms with Gasteiger partial charge in [-0.25, -0.2) is 8.42 Å². The molecule has 118 valence electrons. The maximum absolute atomic E-state index is 13.0. The van der Waals surface area contributed by atoms with E-state index in [1.165, 1.54) is 0 Å². The van der Waals surface area contributed by atoms with Crippen molar-refractivity contribution in [1.29, 1.82) is 0 Å². The summed E-state index contributed by atoms with van der Waals surface area (Å²) in [6.45, 7) is 6.90. The van der Waals surface area contributed by atoms with Crippen molar-refractivity contribution in [3.8, 4) is 0 Å². The molecule has 0 spiro atoms. The summed E-state index contributed by atoms with van der Waals surface area (Å²) in [7, 11) is -3.44. The molecule has 4 nitrogen and oxygen atoms in total. The van der Waals surface area contributed by atoms with Crippen LogP contribution in [0.5, 0.6) is 0 Å². The lowest BCUT2D eigenvalue weighted by atomic mass is 10.0. The zero-order chi connectivity index (χ0) is 15.6. The van der Waals surface area contributed by atoms with Gasteiger partial charge in [-0.2, -0.15) is 4.31 Å². The summed E-state index contributed by atoms with van der Waals surface area (Å²) >= 11 is 0. The molecule has 2 atom stereocenters. The van der Waals surface area contributed by atoms with E-state index in [1.807, 2.05) is 26.8 Å². The van der Waals surface area contributed by atoms with E-state index in [-0.39, 0.29) is 12.0 Å². The third-order valence-electron chi connectivity index (χ3n) is 4.69. The van der Waals surface area contributed by atoms with E-state index >= 15 is 0 Å². The van der Waals surface area contributed by atoms with Crippen LogP contribution < -0.4 is 5.73 Å². The summed E-state index contributed by atoms with van der Waals surface area (Å²) in [5.74, 6) is 0.284. The molecule has 2 unspecified atom stereocenters. The molecule has 1 aliphatic rings. The fourth-order valence-corrected chi connectivity index (χ4v) is 5.07. The number of hydrogen-bond acceptors (Lipinski definition) is 3. The van der Waals surface area contributed by atoms with E-state index in [9.17, 15) is 8.42 Å². The molecular formula is C16H26N2O2S. The summed E-state index contributed by atoms with van der Waals surface area (Å²) < 4.78 is 27.6. The summed E-state index contributed by atoms with van der Waals surface area (Å²) in [5.41, 5.74) is 7.94. The number of benzene rings is 1. The van der Waals surface area contributed by atoms with Crippen molar-refractivity contribution in [2.45, 2.75) is 51.0 Å². The maximum Gasteiger partial charge on any atom is 0.243 e. The summed E-state index contributed by atoms with van der Waals surface area (Å²) in [4.78, 5) is 0.398. The van der Waals surface area contributed by atoms with E-state index in [1.54, 1.807) is 16.4 Å². The minimum atomic E-state index is -3.44. The van der Waals surface area contributed by atoms with Crippen molar-refractivity contribution in [2.75, 3.05) is 13.1 Å². The van der Waals surface area contributed by atoms with Gasteiger partial charge in [-0.3, -0.25) is 0 Å². The van der Waals surface area contributed by atoms with Crippen molar-refractivity contribution in [3.63, 3.8) is 0 Å². The zero-order valence-corrected chi connectivity index (χ0v) is 14.0. The molecule has 0 bridgehead atoms. The lowest BCUT2D eigenvalue weighted by Crippen LogP contribution is -2.44. The van der Waals surface area contributed by atoms with Crippen LogP contribution in [0.2, 0.25) is 0 Å². The highest BCUT2D eigenvalue weighted by molar-refractivity contribution is 7.89. The first kappa shape index (κ1) is 16.5. The second kappa shape index (κ2) is 6.46. The van der Waals surface area contributed by atoms with E-state index < -0.39 is 10.0 Å². The Balaban J connectivity index is 2.37. The van der Waals surface area contributed by atoms with Gasteiger partial charge in [-0.05, 0) is 62.4 Å². The standard InChI is InChI=1S/C16H26N2O2S/c1-4-18(16-7-5-6-14(16)11-17)21(19,20)15-9-8-12(2)13(3)10-15/h8-10,14,16H,4-7,11,17H2,1-3H3. The second-order valence-electron chi connectivity index (χ2n) is 5.95. The molecule has 0 saturated heterocycles. The molecule has 1 aromatic rings. The van der Waals surface area contributed by atoms with Crippen molar-refractivity contribution < 1.29 is 8.42 Å². The average Bonchev–Trinajstić information content (AvgIpc) is 2.90. The van der Waals surface area contributed by atoms with Crippen LogP contribution in [0.15, 0.2) is 23.1 Å². The van der Waals surface area contributed by atoms with Gasteiger partial charge < -0.3 is 5.73 Å². The van der Waals surface area contributed by atoms with Gasteiger partial charge in [0.15, 0.2) is 0 Å². The first-order valence-electron chi connectivity index (χ1n) is 7.71. The Morgan fingerprint density at radius 3 is 2.52 bits per heavy atom. The van der Waals surface area contributed by atoms with Crippen LogP contribution in [0.4, 0.5) is 0 Å². The van der Waals surface area contributed by atoms with Gasteiger partial charge in [0.25, 0.3) is 0 Å². The monoisotopic (exact) mass is 310 g/mol. The average molecular weight is 310 g/mol. The Bertz CT molecular complexity index is 598. The fraction of sp³-hybridized carbons (Fsp3) is 0.625. The summed E-state index contributed by atoms with van der Waals surface area (Å²) in [5, 5.41) is 0. The lowest BCUT2D eigenvalue weighted by Gasteiger charge is -2.31. The topological polar surface area (TPSA) is 63.4 Å². The van der Waals surface area contributed by atoms with E-state index in [0.29, 0.717) is 18.0 Å². The Kier molecular flexibility index (Phi) is 5.07. The molecule has 2 rings (SSSR count). The first-order valence-corrected chi connectivity index (χ1v) is 9.15. The highest BCUT2D eigenvalue weighted by Gasteiger charge is 2.37. The molecular weight excluding hydrogens is 284 g/mol. The second-order valence-corrected chi connectivity index (χ2v) is 7.84. The van der Waals surface area contributed by atoms with Crippen molar-refractivity contribution in [1.82, 2.24) is 4.31 Å². The predicted molar refractivity (Wildman–Crippen MR) is 85.7 cm³/mol. The van der Waals surface area contributed by atoms with Gasteiger partial charge in [0, 0.05) is 12.6 Å². The molecule has 0 radical (unpaired) electrons. The minimum Gasteiger partial charge on any atom is -0.330 e. The van der Waals surface area contributed by atoms with Crippen LogP contribution in [-0.2, 0) is 10.0 Å². The lowest BCUT2D eigenvalue weighted by molar-refractivity contribution is 0.276. The molecule has 21 heavy (non-hydrogen) atoms. The number of aryl methyl sites for hydroxylation is 2. The maximum atomic E-state index is 13.0. The molecule has 5 heteroatoms. The van der Waals surface area contributed by atoms with E-state index in [2.05, 4.69) is 0 Å². The third-order valence-corrected chi connectivity index (χ3v) is 6.68. The summed E-state index contributed by atoms with van der Waals surface area (Å²) in [6.07, 6.45) is 3.01. The van der Waals surface area contributed by atoms with Gasteiger partial charge in [-0.1, -0.05) is 19.4 Å². The van der Waals surface area contributed by atoms with Gasteiger partial charge in [0.05, 0.1) is 4.90 Å². The largest absolute Gasteiger partial charge is 0.330 e. The van der Waals surface area contributed by atoms with E-state index in [0.717, 1.165) is 30.4 Å². The van der Waals surface area contributed by atoms with Crippen LogP contribution in [-0.4, -0.2) is 31.9 Å². The van der Waals surface area contributed by atoms with Crippen molar-refractivity contribution in [2.24, 2.45) is 11.7 Å². The highest BCUT2D eigenvalue weighted by Crippen LogP contribution is 2.33. The Morgan fingerprint density at radius 2 is 1.95 bits per heavy atom. The van der Waals surface area contributed by atoms with Crippen molar-refractivity contribution in [3.05, 3.63) is 29.3 Å². The Hall–Kier alpha value is -0.910. The molecule has 1 aliphatic carbocycles. The number of hydrogen-bond donors (Lipinski definition) is 1. The fourth-order valence-electron chi connectivity index (χ4n) is 3.26. The normalized spacial score (nSPS) is 22.9. The molecule has 0 aliphatic heterocycles. The highest BCUT2D eigenvalue weighted by atomic mass is 32.2. The molecule has 2 N–H and O–H groups in total. The summed E-state index contributed by atoms with van der Waals surface area (Å²) in [6, 6.07) is 5.42.